The topological polar surface area (TPSA) is 38.3 Å². The maximum absolute atomic E-state index is 11.6. The quantitative estimate of drug-likeness (QED) is 0.900. The first-order chi connectivity index (χ1) is 8.40. The van der Waals surface area contributed by atoms with E-state index in [4.69, 9.17) is 27.9 Å². The molecule has 0 saturated heterocycles. The number of benzene rings is 1. The van der Waals surface area contributed by atoms with Crippen molar-refractivity contribution in [2.24, 2.45) is 5.92 Å². The van der Waals surface area contributed by atoms with Crippen molar-refractivity contribution < 1.29 is 9.53 Å². The van der Waals surface area contributed by atoms with Gasteiger partial charge in [0, 0.05) is 12.1 Å². The number of hydrogen-bond donors (Lipinski definition) is 1. The third-order valence-corrected chi connectivity index (χ3v) is 3.39. The molecule has 1 amide bonds. The Balaban J connectivity index is 2.45. The van der Waals surface area contributed by atoms with Crippen molar-refractivity contribution in [3.63, 3.8) is 0 Å². The molecule has 1 rings (SSSR count). The summed E-state index contributed by atoms with van der Waals surface area (Å²) in [5.41, 5.74) is 0. The maximum atomic E-state index is 11.6. The number of rotatable bonds is 5. The van der Waals surface area contributed by atoms with Crippen LogP contribution < -0.4 is 10.1 Å². The third-order valence-electron chi connectivity index (χ3n) is 2.65. The monoisotopic (exact) mass is 289 g/mol. The Bertz CT molecular complexity index is 421. The lowest BCUT2D eigenvalue weighted by Gasteiger charge is -2.17. The average Bonchev–Trinajstić information content (AvgIpc) is 2.30. The highest BCUT2D eigenvalue weighted by Crippen LogP contribution is 2.26. The summed E-state index contributed by atoms with van der Waals surface area (Å²) in [5.74, 6) is 0.762. The first kappa shape index (κ1) is 15.1. The molecule has 0 aromatic heterocycles. The zero-order valence-electron chi connectivity index (χ0n) is 10.7. The van der Waals surface area contributed by atoms with Crippen molar-refractivity contribution in [2.75, 3.05) is 6.61 Å². The van der Waals surface area contributed by atoms with Gasteiger partial charge in [-0.3, -0.25) is 4.79 Å². The Hall–Kier alpha value is -0.930. The molecule has 0 saturated carbocycles. The lowest BCUT2D eigenvalue weighted by molar-refractivity contribution is -0.124. The van der Waals surface area contributed by atoms with Gasteiger partial charge in [0.05, 0.1) is 10.0 Å². The molecule has 0 bridgehead atoms. The van der Waals surface area contributed by atoms with E-state index >= 15 is 0 Å². The average molecular weight is 290 g/mol. The van der Waals surface area contributed by atoms with Crippen molar-refractivity contribution >= 4 is 29.1 Å². The molecular formula is C13H17Cl2NO2. The number of carbonyl (C=O) groups is 1. The van der Waals surface area contributed by atoms with Crippen LogP contribution in [0.2, 0.25) is 10.0 Å². The van der Waals surface area contributed by atoms with Crippen LogP contribution in [0.15, 0.2) is 18.2 Å². The summed E-state index contributed by atoms with van der Waals surface area (Å²) in [6, 6.07) is 5.01. The smallest absolute Gasteiger partial charge is 0.258 e. The number of nitrogens with one attached hydrogen (secondary N) is 1. The molecule has 0 aliphatic carbocycles. The van der Waals surface area contributed by atoms with Crippen LogP contribution in [0.1, 0.15) is 20.8 Å². The minimum Gasteiger partial charge on any atom is -0.484 e. The Morgan fingerprint density at radius 3 is 2.50 bits per heavy atom. The molecule has 0 spiro atoms. The summed E-state index contributed by atoms with van der Waals surface area (Å²) >= 11 is 11.6. The van der Waals surface area contributed by atoms with Gasteiger partial charge < -0.3 is 10.1 Å². The molecule has 18 heavy (non-hydrogen) atoms. The second kappa shape index (κ2) is 6.86. The van der Waals surface area contributed by atoms with E-state index in [1.807, 2.05) is 20.8 Å². The Kier molecular flexibility index (Phi) is 5.76. The van der Waals surface area contributed by atoms with E-state index in [1.54, 1.807) is 18.2 Å². The highest BCUT2D eigenvalue weighted by Gasteiger charge is 2.11. The second-order valence-corrected chi connectivity index (χ2v) is 5.28. The fraction of sp³-hybridized carbons (Fsp3) is 0.462. The molecule has 3 nitrogen and oxygen atoms in total. The number of ether oxygens (including phenoxy) is 1. The molecular weight excluding hydrogens is 273 g/mol. The molecule has 0 heterocycles. The zero-order chi connectivity index (χ0) is 13.7. The summed E-state index contributed by atoms with van der Waals surface area (Å²) in [5, 5.41) is 3.72. The molecule has 5 heteroatoms. The fourth-order valence-electron chi connectivity index (χ4n) is 1.18. The molecule has 0 aliphatic rings. The summed E-state index contributed by atoms with van der Waals surface area (Å²) in [4.78, 5) is 11.6. The van der Waals surface area contributed by atoms with Crippen LogP contribution in [0.4, 0.5) is 0 Å². The first-order valence-electron chi connectivity index (χ1n) is 5.77. The number of amides is 1. The van der Waals surface area contributed by atoms with Gasteiger partial charge in [-0.25, -0.2) is 0 Å². The van der Waals surface area contributed by atoms with E-state index in [1.165, 1.54) is 0 Å². The fourth-order valence-corrected chi connectivity index (χ4v) is 1.47. The summed E-state index contributed by atoms with van der Waals surface area (Å²) in [7, 11) is 0. The van der Waals surface area contributed by atoms with Crippen molar-refractivity contribution in [3.8, 4) is 5.75 Å². The van der Waals surface area contributed by atoms with Crippen LogP contribution in [0, 0.1) is 5.92 Å². The molecule has 0 radical (unpaired) electrons. The van der Waals surface area contributed by atoms with Crippen molar-refractivity contribution in [2.45, 2.75) is 26.8 Å². The van der Waals surface area contributed by atoms with Gasteiger partial charge in [0.25, 0.3) is 5.91 Å². The van der Waals surface area contributed by atoms with Crippen molar-refractivity contribution in [1.29, 1.82) is 0 Å². The highest BCUT2D eigenvalue weighted by atomic mass is 35.5. The van der Waals surface area contributed by atoms with Gasteiger partial charge in [-0.2, -0.15) is 0 Å². The standard InChI is InChI=1S/C13H17Cl2NO2/c1-8(2)9(3)16-13(17)7-18-10-4-5-11(14)12(15)6-10/h4-6,8-9H,7H2,1-3H3,(H,16,17). The van der Waals surface area contributed by atoms with E-state index in [0.717, 1.165) is 0 Å². The first-order valence-corrected chi connectivity index (χ1v) is 6.53. The predicted octanol–water partition coefficient (Wildman–Crippen LogP) is 3.53. The van der Waals surface area contributed by atoms with Crippen LogP contribution in [-0.2, 0) is 4.79 Å². The molecule has 1 unspecified atom stereocenters. The molecule has 0 fully saturated rings. The van der Waals surface area contributed by atoms with E-state index in [0.29, 0.717) is 21.7 Å². The molecule has 1 atom stereocenters. The van der Waals surface area contributed by atoms with E-state index in [9.17, 15) is 4.79 Å². The lowest BCUT2D eigenvalue weighted by atomic mass is 10.1. The van der Waals surface area contributed by atoms with Gasteiger partial charge in [0.15, 0.2) is 6.61 Å². The van der Waals surface area contributed by atoms with Crippen LogP contribution in [0.25, 0.3) is 0 Å². The Morgan fingerprint density at radius 2 is 1.94 bits per heavy atom. The minimum atomic E-state index is -0.151. The third kappa shape index (κ3) is 4.75. The van der Waals surface area contributed by atoms with Gasteiger partial charge in [0.1, 0.15) is 5.75 Å². The molecule has 1 aromatic carbocycles. The second-order valence-electron chi connectivity index (χ2n) is 4.46. The van der Waals surface area contributed by atoms with Crippen LogP contribution in [-0.4, -0.2) is 18.6 Å². The van der Waals surface area contributed by atoms with Gasteiger partial charge in [-0.1, -0.05) is 37.0 Å². The van der Waals surface area contributed by atoms with Gasteiger partial charge in [0.2, 0.25) is 0 Å². The molecule has 0 aliphatic heterocycles. The van der Waals surface area contributed by atoms with E-state index < -0.39 is 0 Å². The largest absolute Gasteiger partial charge is 0.484 e. The minimum absolute atomic E-state index is 0.0327. The van der Waals surface area contributed by atoms with Gasteiger partial charge >= 0.3 is 0 Å². The van der Waals surface area contributed by atoms with Gasteiger partial charge in [-0.05, 0) is 25.0 Å². The van der Waals surface area contributed by atoms with Crippen LogP contribution in [0.3, 0.4) is 0 Å². The number of carbonyl (C=O) groups excluding carboxylic acids is 1. The predicted molar refractivity (Wildman–Crippen MR) is 74.4 cm³/mol. The van der Waals surface area contributed by atoms with Crippen molar-refractivity contribution in [1.82, 2.24) is 5.32 Å². The Morgan fingerprint density at radius 1 is 1.28 bits per heavy atom. The number of halogens is 2. The van der Waals surface area contributed by atoms with E-state index in [-0.39, 0.29) is 18.6 Å². The summed E-state index contributed by atoms with van der Waals surface area (Å²) in [6.07, 6.45) is 0. The zero-order valence-corrected chi connectivity index (χ0v) is 12.2. The highest BCUT2D eigenvalue weighted by molar-refractivity contribution is 6.42. The maximum Gasteiger partial charge on any atom is 0.258 e. The number of hydrogen-bond acceptors (Lipinski definition) is 2. The Labute approximate surface area is 117 Å². The van der Waals surface area contributed by atoms with Crippen LogP contribution in [0.5, 0.6) is 5.75 Å². The summed E-state index contributed by atoms with van der Waals surface area (Å²) < 4.78 is 5.33. The SMILES string of the molecule is CC(C)C(C)NC(=O)COc1ccc(Cl)c(Cl)c1. The lowest BCUT2D eigenvalue weighted by Crippen LogP contribution is -2.38. The molecule has 1 N–H and O–H groups in total. The normalized spacial score (nSPS) is 12.3. The van der Waals surface area contributed by atoms with E-state index in [2.05, 4.69) is 5.32 Å². The van der Waals surface area contributed by atoms with Gasteiger partial charge in [-0.15, -0.1) is 0 Å². The molecule has 100 valence electrons. The van der Waals surface area contributed by atoms with Crippen LogP contribution >= 0.6 is 23.2 Å². The summed E-state index contributed by atoms with van der Waals surface area (Å²) in [6.45, 7) is 6.02. The van der Waals surface area contributed by atoms with Crippen molar-refractivity contribution in [3.05, 3.63) is 28.2 Å². The molecule has 1 aromatic rings.